The molecule has 20 heavy (non-hydrogen) atoms. The molecule has 2 rings (SSSR count). The minimum absolute atomic E-state index is 0.121. The minimum atomic E-state index is 0.121. The van der Waals surface area contributed by atoms with Gasteiger partial charge in [0.1, 0.15) is 0 Å². The summed E-state index contributed by atoms with van der Waals surface area (Å²) in [6.45, 7) is 7.30. The summed E-state index contributed by atoms with van der Waals surface area (Å²) in [5.74, 6) is 6.01. The van der Waals surface area contributed by atoms with Crippen LogP contribution in [0.25, 0.3) is 0 Å². The summed E-state index contributed by atoms with van der Waals surface area (Å²) in [4.78, 5) is 1.26. The van der Waals surface area contributed by atoms with Gasteiger partial charge in [0.05, 0.1) is 18.8 Å². The zero-order valence-corrected chi connectivity index (χ0v) is 13.0. The van der Waals surface area contributed by atoms with Crippen LogP contribution in [0.5, 0.6) is 0 Å². The number of aliphatic hydroxyl groups is 1. The molecule has 0 aliphatic heterocycles. The van der Waals surface area contributed by atoms with Crippen molar-refractivity contribution in [3.8, 4) is 11.8 Å². The number of aryl methyl sites for hydroxylation is 1. The van der Waals surface area contributed by atoms with Gasteiger partial charge in [0, 0.05) is 27.9 Å². The first kappa shape index (κ1) is 14.8. The average Bonchev–Trinajstić information content (AvgIpc) is 2.96. The summed E-state index contributed by atoms with van der Waals surface area (Å²) in [6, 6.07) is 2.11. The highest BCUT2D eigenvalue weighted by Gasteiger charge is 2.10. The highest BCUT2D eigenvalue weighted by Crippen LogP contribution is 2.19. The summed E-state index contributed by atoms with van der Waals surface area (Å²) in [6.07, 6.45) is 1.56. The van der Waals surface area contributed by atoms with E-state index in [1.54, 1.807) is 11.3 Å². The molecule has 0 atom stereocenters. The summed E-state index contributed by atoms with van der Waals surface area (Å²) in [7, 11) is 0. The molecular weight excluding hydrogens is 268 g/mol. The molecule has 3 nitrogen and oxygen atoms in total. The highest BCUT2D eigenvalue weighted by atomic mass is 32.1. The van der Waals surface area contributed by atoms with Crippen LogP contribution in [0.15, 0.2) is 11.4 Å². The fourth-order valence-corrected chi connectivity index (χ4v) is 3.09. The van der Waals surface area contributed by atoms with Crippen molar-refractivity contribution < 1.29 is 5.11 Å². The molecule has 2 aromatic rings. The smallest absolute Gasteiger partial charge is 0.0755 e. The number of nitrogens with zero attached hydrogens (tertiary/aromatic N) is 2. The number of hydrogen-bond acceptors (Lipinski definition) is 3. The summed E-state index contributed by atoms with van der Waals surface area (Å²) >= 11 is 1.71. The van der Waals surface area contributed by atoms with Gasteiger partial charge in [-0.1, -0.05) is 18.8 Å². The van der Waals surface area contributed by atoms with E-state index in [-0.39, 0.29) is 6.61 Å². The van der Waals surface area contributed by atoms with E-state index < -0.39 is 0 Å². The number of hydrogen-bond donors (Lipinski definition) is 1. The Morgan fingerprint density at radius 2 is 2.20 bits per heavy atom. The van der Waals surface area contributed by atoms with Gasteiger partial charge in [0.25, 0.3) is 0 Å². The monoisotopic (exact) mass is 288 g/mol. The van der Waals surface area contributed by atoms with Gasteiger partial charge in [-0.2, -0.15) is 5.10 Å². The lowest BCUT2D eigenvalue weighted by atomic mass is 10.1. The molecule has 2 aromatic heterocycles. The molecule has 4 heteroatoms. The van der Waals surface area contributed by atoms with Crippen molar-refractivity contribution in [2.75, 3.05) is 6.61 Å². The molecule has 1 N–H and O–H groups in total. The van der Waals surface area contributed by atoms with Crippen LogP contribution >= 0.6 is 11.3 Å². The van der Waals surface area contributed by atoms with Crippen LogP contribution in [0, 0.1) is 25.7 Å². The van der Waals surface area contributed by atoms with Gasteiger partial charge in [-0.15, -0.1) is 11.3 Å². The van der Waals surface area contributed by atoms with Crippen molar-refractivity contribution in [1.29, 1.82) is 0 Å². The van der Waals surface area contributed by atoms with Crippen molar-refractivity contribution in [3.05, 3.63) is 38.8 Å². The molecule has 0 spiro atoms. The maximum atomic E-state index is 8.72. The Bertz CT molecular complexity index is 643. The van der Waals surface area contributed by atoms with Crippen molar-refractivity contribution >= 4 is 11.3 Å². The topological polar surface area (TPSA) is 38.0 Å². The van der Waals surface area contributed by atoms with Gasteiger partial charge < -0.3 is 5.11 Å². The summed E-state index contributed by atoms with van der Waals surface area (Å²) in [5.41, 5.74) is 4.76. The summed E-state index contributed by atoms with van der Waals surface area (Å²) in [5, 5.41) is 15.4. The molecule has 0 unspecified atom stereocenters. The number of aromatic nitrogens is 2. The van der Waals surface area contributed by atoms with Crippen molar-refractivity contribution in [1.82, 2.24) is 9.78 Å². The van der Waals surface area contributed by atoms with E-state index in [9.17, 15) is 0 Å². The number of rotatable bonds is 4. The second kappa shape index (κ2) is 6.74. The molecule has 2 heterocycles. The van der Waals surface area contributed by atoms with E-state index in [1.165, 1.54) is 16.1 Å². The Hall–Kier alpha value is -1.57. The van der Waals surface area contributed by atoms with E-state index >= 15 is 0 Å². The number of aliphatic hydroxyl groups excluding tert-OH is 1. The quantitative estimate of drug-likeness (QED) is 0.879. The second-order valence-corrected chi connectivity index (χ2v) is 5.73. The number of thiophene rings is 1. The van der Waals surface area contributed by atoms with Crippen LogP contribution in [0.4, 0.5) is 0 Å². The third-order valence-corrected chi connectivity index (χ3v) is 4.24. The van der Waals surface area contributed by atoms with E-state index in [2.05, 4.69) is 53.8 Å². The third-order valence-electron chi connectivity index (χ3n) is 3.31. The zero-order valence-electron chi connectivity index (χ0n) is 12.2. The standard InChI is InChI=1S/C16H20N2OS/c1-4-16-12(2)17-18(13(16)3)10-15-9-14(11-20-15)7-5-6-8-19/h9,11,19H,4,6,8,10H2,1-3H3. The SMILES string of the molecule is CCc1c(C)nn(Cc2cc(C#CCCO)cs2)c1C. The fraction of sp³-hybridized carbons (Fsp3) is 0.438. The maximum absolute atomic E-state index is 8.72. The second-order valence-electron chi connectivity index (χ2n) is 4.74. The van der Waals surface area contributed by atoms with Gasteiger partial charge in [-0.05, 0) is 31.9 Å². The molecule has 0 saturated carbocycles. The molecule has 0 saturated heterocycles. The fourth-order valence-electron chi connectivity index (χ4n) is 2.30. The van der Waals surface area contributed by atoms with Crippen LogP contribution in [0.1, 0.15) is 40.7 Å². The van der Waals surface area contributed by atoms with Crippen molar-refractivity contribution in [3.63, 3.8) is 0 Å². The summed E-state index contributed by atoms with van der Waals surface area (Å²) < 4.78 is 2.07. The van der Waals surface area contributed by atoms with Crippen molar-refractivity contribution in [2.45, 2.75) is 40.2 Å². The first-order chi connectivity index (χ1) is 9.65. The first-order valence-electron chi connectivity index (χ1n) is 6.85. The normalized spacial score (nSPS) is 10.4. The first-order valence-corrected chi connectivity index (χ1v) is 7.73. The van der Waals surface area contributed by atoms with E-state index in [0.29, 0.717) is 6.42 Å². The van der Waals surface area contributed by atoms with Crippen molar-refractivity contribution in [2.24, 2.45) is 0 Å². The van der Waals surface area contributed by atoms with Gasteiger partial charge >= 0.3 is 0 Å². The Kier molecular flexibility index (Phi) is 4.99. The Morgan fingerprint density at radius 1 is 1.40 bits per heavy atom. The molecule has 0 fully saturated rings. The molecule has 106 valence electrons. The highest BCUT2D eigenvalue weighted by molar-refractivity contribution is 7.10. The van der Waals surface area contributed by atoms with Crippen LogP contribution in [-0.2, 0) is 13.0 Å². The van der Waals surface area contributed by atoms with Crippen LogP contribution in [0.3, 0.4) is 0 Å². The molecule has 0 aliphatic carbocycles. The molecular formula is C16H20N2OS. The Morgan fingerprint density at radius 3 is 2.85 bits per heavy atom. The lowest BCUT2D eigenvalue weighted by Crippen LogP contribution is -2.02. The van der Waals surface area contributed by atoms with Crippen LogP contribution in [-0.4, -0.2) is 21.5 Å². The molecule has 0 bridgehead atoms. The van der Waals surface area contributed by atoms with Gasteiger partial charge in [0.2, 0.25) is 0 Å². The third kappa shape index (κ3) is 3.30. The van der Waals surface area contributed by atoms with E-state index in [1.807, 2.05) is 0 Å². The Balaban J connectivity index is 2.13. The predicted octanol–water partition coefficient (Wildman–Crippen LogP) is 2.91. The molecule has 0 amide bonds. The van der Waals surface area contributed by atoms with E-state index in [4.69, 9.17) is 5.11 Å². The van der Waals surface area contributed by atoms with Crippen LogP contribution in [0.2, 0.25) is 0 Å². The maximum Gasteiger partial charge on any atom is 0.0755 e. The Labute approximate surface area is 124 Å². The largest absolute Gasteiger partial charge is 0.395 e. The average molecular weight is 288 g/mol. The van der Waals surface area contributed by atoms with Gasteiger partial charge in [0.15, 0.2) is 0 Å². The van der Waals surface area contributed by atoms with Gasteiger partial charge in [-0.3, -0.25) is 4.68 Å². The molecule has 0 radical (unpaired) electrons. The van der Waals surface area contributed by atoms with E-state index in [0.717, 1.165) is 24.2 Å². The lowest BCUT2D eigenvalue weighted by molar-refractivity contribution is 0.305. The molecule has 0 aromatic carbocycles. The van der Waals surface area contributed by atoms with Crippen LogP contribution < -0.4 is 0 Å². The lowest BCUT2D eigenvalue weighted by Gasteiger charge is -2.02. The predicted molar refractivity (Wildman–Crippen MR) is 83.1 cm³/mol. The van der Waals surface area contributed by atoms with Gasteiger partial charge in [-0.25, -0.2) is 0 Å². The minimum Gasteiger partial charge on any atom is -0.395 e. The zero-order chi connectivity index (χ0) is 14.5. The molecule has 0 aliphatic rings.